The van der Waals surface area contributed by atoms with Gasteiger partial charge in [-0.1, -0.05) is 51.8 Å². The molecule has 0 aromatic heterocycles. The van der Waals surface area contributed by atoms with Crippen molar-refractivity contribution in [3.05, 3.63) is 69.2 Å². The maximum atomic E-state index is 11.2. The van der Waals surface area contributed by atoms with E-state index in [1.54, 1.807) is 0 Å². The van der Waals surface area contributed by atoms with Crippen LogP contribution in [-0.4, -0.2) is 29.1 Å². The Labute approximate surface area is 155 Å². The highest BCUT2D eigenvalue weighted by molar-refractivity contribution is 9.10. The number of hydrogen-bond acceptors (Lipinski definition) is 2. The lowest BCUT2D eigenvalue weighted by molar-refractivity contribution is -0.143. The number of carbonyl (C=O) groups is 1. The second-order valence-corrected chi connectivity index (χ2v) is 7.51. The molecule has 0 amide bonds. The number of rotatable bonds is 4. The van der Waals surface area contributed by atoms with E-state index < -0.39 is 5.97 Å². The Balaban J connectivity index is 1.93. The summed E-state index contributed by atoms with van der Waals surface area (Å²) in [6.07, 6.45) is 1.36. The van der Waals surface area contributed by atoms with Gasteiger partial charge in [-0.3, -0.25) is 9.69 Å². The van der Waals surface area contributed by atoms with E-state index >= 15 is 0 Å². The zero-order valence-electron chi connectivity index (χ0n) is 13.2. The summed E-state index contributed by atoms with van der Waals surface area (Å²) in [5, 5.41) is 9.94. The van der Waals surface area contributed by atoms with Crippen molar-refractivity contribution in [3.8, 4) is 0 Å². The topological polar surface area (TPSA) is 40.5 Å². The minimum Gasteiger partial charge on any atom is -0.481 e. The Hall–Kier alpha value is -1.36. The zero-order valence-corrected chi connectivity index (χ0v) is 15.5. The SMILES string of the molecule is O=C(O)C1CCN(C(c2cccc(Cl)c2)c2cccc(Br)c2)CC1. The molecule has 1 saturated heterocycles. The smallest absolute Gasteiger partial charge is 0.306 e. The van der Waals surface area contributed by atoms with Gasteiger partial charge in [-0.05, 0) is 61.3 Å². The molecule has 24 heavy (non-hydrogen) atoms. The van der Waals surface area contributed by atoms with Crippen LogP contribution in [-0.2, 0) is 4.79 Å². The summed E-state index contributed by atoms with van der Waals surface area (Å²) in [6, 6.07) is 16.3. The van der Waals surface area contributed by atoms with Crippen LogP contribution >= 0.6 is 27.5 Å². The van der Waals surface area contributed by atoms with Crippen LogP contribution < -0.4 is 0 Å². The number of aliphatic carboxylic acids is 1. The van der Waals surface area contributed by atoms with Crippen molar-refractivity contribution in [2.24, 2.45) is 5.92 Å². The monoisotopic (exact) mass is 407 g/mol. The second kappa shape index (κ2) is 7.68. The average Bonchev–Trinajstić information content (AvgIpc) is 2.56. The van der Waals surface area contributed by atoms with Crippen LogP contribution in [0.1, 0.15) is 30.0 Å². The molecule has 0 aliphatic carbocycles. The summed E-state index contributed by atoms with van der Waals surface area (Å²) in [6.45, 7) is 1.53. The third-order valence-electron chi connectivity index (χ3n) is 4.57. The van der Waals surface area contributed by atoms with Gasteiger partial charge >= 0.3 is 5.97 Å². The van der Waals surface area contributed by atoms with Gasteiger partial charge in [0.25, 0.3) is 0 Å². The predicted octanol–water partition coefficient (Wildman–Crippen LogP) is 4.99. The number of carboxylic acid groups (broad SMARTS) is 1. The van der Waals surface area contributed by atoms with E-state index in [9.17, 15) is 9.90 Å². The Kier molecular flexibility index (Phi) is 5.59. The van der Waals surface area contributed by atoms with Gasteiger partial charge in [-0.25, -0.2) is 0 Å². The summed E-state index contributed by atoms with van der Waals surface area (Å²) in [7, 11) is 0. The molecule has 5 heteroatoms. The molecule has 1 fully saturated rings. The van der Waals surface area contributed by atoms with Crippen molar-refractivity contribution in [2.45, 2.75) is 18.9 Å². The van der Waals surface area contributed by atoms with E-state index in [2.05, 4.69) is 39.0 Å². The highest BCUT2D eigenvalue weighted by Gasteiger charge is 2.30. The van der Waals surface area contributed by atoms with Crippen LogP contribution in [0.3, 0.4) is 0 Å². The van der Waals surface area contributed by atoms with E-state index in [1.165, 1.54) is 5.56 Å². The van der Waals surface area contributed by atoms with Gasteiger partial charge in [-0.15, -0.1) is 0 Å². The van der Waals surface area contributed by atoms with Crippen LogP contribution in [0.4, 0.5) is 0 Å². The van der Waals surface area contributed by atoms with Crippen LogP contribution in [0.2, 0.25) is 5.02 Å². The van der Waals surface area contributed by atoms with Gasteiger partial charge in [0, 0.05) is 9.50 Å². The van der Waals surface area contributed by atoms with Crippen molar-refractivity contribution < 1.29 is 9.90 Å². The van der Waals surface area contributed by atoms with Crippen molar-refractivity contribution >= 4 is 33.5 Å². The maximum Gasteiger partial charge on any atom is 0.306 e. The number of likely N-dealkylation sites (tertiary alicyclic amines) is 1. The van der Waals surface area contributed by atoms with E-state index in [0.717, 1.165) is 23.1 Å². The molecule has 0 spiro atoms. The summed E-state index contributed by atoms with van der Waals surface area (Å²) in [5.74, 6) is -0.916. The molecule has 1 atom stereocenters. The zero-order chi connectivity index (χ0) is 17.1. The molecule has 2 aromatic carbocycles. The summed E-state index contributed by atoms with van der Waals surface area (Å²) in [4.78, 5) is 13.6. The molecule has 126 valence electrons. The predicted molar refractivity (Wildman–Crippen MR) is 99.4 cm³/mol. The van der Waals surface area contributed by atoms with Crippen molar-refractivity contribution in [1.82, 2.24) is 4.90 Å². The van der Waals surface area contributed by atoms with E-state index in [1.807, 2.05) is 30.3 Å². The maximum absolute atomic E-state index is 11.2. The van der Waals surface area contributed by atoms with Crippen LogP contribution in [0.25, 0.3) is 0 Å². The quantitative estimate of drug-likeness (QED) is 0.775. The van der Waals surface area contributed by atoms with Gasteiger partial charge in [0.05, 0.1) is 12.0 Å². The number of piperidine rings is 1. The molecular weight excluding hydrogens is 390 g/mol. The highest BCUT2D eigenvalue weighted by Crippen LogP contribution is 2.34. The number of hydrogen-bond donors (Lipinski definition) is 1. The average molecular weight is 409 g/mol. The van der Waals surface area contributed by atoms with E-state index in [4.69, 9.17) is 11.6 Å². The fourth-order valence-corrected chi connectivity index (χ4v) is 3.99. The van der Waals surface area contributed by atoms with Gasteiger partial charge in [0.2, 0.25) is 0 Å². The van der Waals surface area contributed by atoms with Gasteiger partial charge in [0.1, 0.15) is 0 Å². The fraction of sp³-hybridized carbons (Fsp3) is 0.316. The molecule has 1 aliphatic heterocycles. The first kappa shape index (κ1) is 17.5. The molecule has 1 heterocycles. The van der Waals surface area contributed by atoms with Crippen LogP contribution in [0, 0.1) is 5.92 Å². The fourth-order valence-electron chi connectivity index (χ4n) is 3.37. The minimum absolute atomic E-state index is 0.0796. The lowest BCUT2D eigenvalue weighted by atomic mass is 9.91. The van der Waals surface area contributed by atoms with Crippen molar-refractivity contribution in [3.63, 3.8) is 0 Å². The Morgan fingerprint density at radius 3 is 2.33 bits per heavy atom. The molecule has 3 rings (SSSR count). The lowest BCUT2D eigenvalue weighted by Crippen LogP contribution is -2.39. The third kappa shape index (κ3) is 4.00. The van der Waals surface area contributed by atoms with Gasteiger partial charge in [0.15, 0.2) is 0 Å². The number of nitrogens with zero attached hydrogens (tertiary/aromatic N) is 1. The van der Waals surface area contributed by atoms with E-state index in [0.29, 0.717) is 17.9 Å². The number of carboxylic acids is 1. The Bertz CT molecular complexity index is 683. The Morgan fingerprint density at radius 1 is 1.12 bits per heavy atom. The third-order valence-corrected chi connectivity index (χ3v) is 5.30. The minimum atomic E-state index is -0.684. The Morgan fingerprint density at radius 2 is 1.75 bits per heavy atom. The first-order valence-corrected chi connectivity index (χ1v) is 9.19. The molecule has 0 saturated carbocycles. The number of benzene rings is 2. The largest absolute Gasteiger partial charge is 0.481 e. The van der Waals surface area contributed by atoms with Gasteiger partial charge < -0.3 is 5.11 Å². The van der Waals surface area contributed by atoms with Crippen molar-refractivity contribution in [2.75, 3.05) is 13.1 Å². The molecule has 2 aromatic rings. The highest BCUT2D eigenvalue weighted by atomic mass is 79.9. The summed E-state index contributed by atoms with van der Waals surface area (Å²) in [5.41, 5.74) is 2.31. The van der Waals surface area contributed by atoms with Gasteiger partial charge in [-0.2, -0.15) is 0 Å². The normalized spacial score (nSPS) is 17.6. The molecule has 1 N–H and O–H groups in total. The molecule has 3 nitrogen and oxygen atoms in total. The first-order valence-electron chi connectivity index (χ1n) is 8.02. The standard InChI is InChI=1S/C19H19BrClNO2/c20-16-5-1-3-14(11-16)18(15-4-2-6-17(21)12-15)22-9-7-13(8-10-22)19(23)24/h1-6,11-13,18H,7-10H2,(H,23,24). The number of halogens is 2. The summed E-state index contributed by atoms with van der Waals surface area (Å²) < 4.78 is 1.03. The van der Waals surface area contributed by atoms with E-state index in [-0.39, 0.29) is 12.0 Å². The molecule has 1 unspecified atom stereocenters. The molecule has 0 radical (unpaired) electrons. The van der Waals surface area contributed by atoms with Crippen LogP contribution in [0.15, 0.2) is 53.0 Å². The lowest BCUT2D eigenvalue weighted by Gasteiger charge is -2.37. The molecular formula is C19H19BrClNO2. The van der Waals surface area contributed by atoms with Crippen molar-refractivity contribution in [1.29, 1.82) is 0 Å². The van der Waals surface area contributed by atoms with Crippen LogP contribution in [0.5, 0.6) is 0 Å². The first-order chi connectivity index (χ1) is 11.5. The molecule has 1 aliphatic rings. The summed E-state index contributed by atoms with van der Waals surface area (Å²) >= 11 is 9.75. The second-order valence-electron chi connectivity index (χ2n) is 6.16. The molecule has 0 bridgehead atoms.